The minimum Gasteiger partial charge on any atom is -1.00 e. The van der Waals surface area contributed by atoms with E-state index in [4.69, 9.17) is 4.74 Å². The van der Waals surface area contributed by atoms with E-state index in [0.29, 0.717) is 30.0 Å². The Bertz CT molecular complexity index is 984. The molecule has 7 nitrogen and oxygen atoms in total. The van der Waals surface area contributed by atoms with Gasteiger partial charge in [0.2, 0.25) is 5.43 Å². The number of piperazine rings is 1. The molecule has 1 saturated heterocycles. The van der Waals surface area contributed by atoms with Crippen molar-refractivity contribution in [2.24, 2.45) is 0 Å². The van der Waals surface area contributed by atoms with Crippen LogP contribution < -0.4 is 52.3 Å². The van der Waals surface area contributed by atoms with E-state index in [2.05, 4.69) is 4.90 Å². The first-order chi connectivity index (χ1) is 12.4. The Kier molecular flexibility index (Phi) is 10.7. The molecule has 2 aliphatic rings. The molecule has 1 fully saturated rings. The number of pyridine rings is 1. The third-order valence-electron chi connectivity index (χ3n) is 5.19. The minimum absolute atomic E-state index is 0. The summed E-state index contributed by atoms with van der Waals surface area (Å²) in [6.45, 7) is 5.08. The minimum atomic E-state index is -1.32. The molecule has 0 spiro atoms. The molecule has 1 atom stereocenters. The van der Waals surface area contributed by atoms with Gasteiger partial charge in [0.25, 0.3) is 0 Å². The summed E-state index contributed by atoms with van der Waals surface area (Å²) in [6, 6.07) is 0.994. The van der Waals surface area contributed by atoms with Crippen molar-refractivity contribution in [2.45, 2.75) is 13.0 Å². The maximum Gasteiger partial charge on any atom is 3.00 e. The largest absolute Gasteiger partial charge is 3.00 e. The average Bonchev–Trinajstić information content (AvgIpc) is 2.60. The number of aromatic nitrogens is 1. The van der Waals surface area contributed by atoms with Crippen molar-refractivity contribution < 1.29 is 78.6 Å². The average molecular weight is 665 g/mol. The molecule has 0 radical (unpaired) electrons. The quantitative estimate of drug-likeness (QED) is 0.322. The zero-order valence-electron chi connectivity index (χ0n) is 16.1. The van der Waals surface area contributed by atoms with E-state index < -0.39 is 17.2 Å². The van der Waals surface area contributed by atoms with E-state index in [0.717, 1.165) is 19.2 Å². The predicted octanol–water partition coefficient (Wildman–Crippen LogP) is -7.45. The summed E-state index contributed by atoms with van der Waals surface area (Å²) in [5, 5.41) is 9.36. The molecule has 0 amide bonds. The normalized spacial score (nSPS) is 17.6. The van der Waals surface area contributed by atoms with Crippen LogP contribution in [-0.2, 0) is 22.4 Å². The van der Waals surface area contributed by atoms with E-state index >= 15 is 0 Å². The van der Waals surface area contributed by atoms with E-state index in [-0.39, 0.29) is 83.2 Å². The van der Waals surface area contributed by atoms with Gasteiger partial charge in [0, 0.05) is 32.4 Å². The number of carboxylic acid groups (broad SMARTS) is 1. The second-order valence-corrected chi connectivity index (χ2v) is 6.97. The molecule has 1 aromatic heterocycles. The van der Waals surface area contributed by atoms with E-state index in [1.165, 1.54) is 6.20 Å². The first-order valence-corrected chi connectivity index (χ1v) is 8.59. The van der Waals surface area contributed by atoms with Gasteiger partial charge in [-0.25, -0.2) is 9.18 Å². The van der Waals surface area contributed by atoms with Crippen LogP contribution in [0.5, 0.6) is 5.75 Å². The van der Waals surface area contributed by atoms with Crippen LogP contribution >= 0.6 is 0 Å². The summed E-state index contributed by atoms with van der Waals surface area (Å²) >= 11 is 0. The SMILES string of the molecule is C[C@@H]1COc2c(N3CCN(C)CC3)c(F)cc3c(=O)c(C(=O)O)cn1c23.[Au+3].[Cl-].[Cl-].[Cl-]. The zero-order chi connectivity index (χ0) is 18.6. The standard InChI is InChI=1S/C18H20FN3O4.Au.3ClH/c1-10-9-26-17-14-11(16(23)12(18(24)25)8-22(10)14)7-13(19)15(17)21-5-3-20(2)4-6-21;;;;/h7-8,10H,3-6,9H2,1-2H3,(H,24,25);;3*1H/q;+3;;;/p-3/t10-;;;;/m1..../s1. The van der Waals surface area contributed by atoms with Gasteiger partial charge in [-0.1, -0.05) is 0 Å². The molecule has 0 saturated carbocycles. The van der Waals surface area contributed by atoms with Crippen LogP contribution in [0.1, 0.15) is 23.3 Å². The molecular formula is C18H20AuCl3FN3O4. The van der Waals surface area contributed by atoms with Crippen LogP contribution in [-0.4, -0.2) is 60.4 Å². The first kappa shape index (κ1) is 29.0. The van der Waals surface area contributed by atoms with Gasteiger partial charge in [0.15, 0.2) is 11.6 Å². The third-order valence-corrected chi connectivity index (χ3v) is 5.19. The summed E-state index contributed by atoms with van der Waals surface area (Å²) in [7, 11) is 2.02. The van der Waals surface area contributed by atoms with Crippen LogP contribution in [0.15, 0.2) is 17.1 Å². The predicted molar refractivity (Wildman–Crippen MR) is 95.0 cm³/mol. The Morgan fingerprint density at radius 2 is 1.80 bits per heavy atom. The van der Waals surface area contributed by atoms with E-state index in [9.17, 15) is 19.1 Å². The number of halogens is 4. The van der Waals surface area contributed by atoms with Crippen molar-refractivity contribution in [3.05, 3.63) is 33.9 Å². The van der Waals surface area contributed by atoms with Crippen LogP contribution in [0.25, 0.3) is 10.9 Å². The summed E-state index contributed by atoms with van der Waals surface area (Å²) in [5.74, 6) is -1.54. The molecular weight excluding hydrogens is 645 g/mol. The van der Waals surface area contributed by atoms with Gasteiger partial charge < -0.3 is 61.4 Å². The van der Waals surface area contributed by atoms with Crippen LogP contribution in [0.3, 0.4) is 0 Å². The first-order valence-electron chi connectivity index (χ1n) is 8.59. The van der Waals surface area contributed by atoms with Crippen molar-refractivity contribution in [2.75, 3.05) is 44.7 Å². The fourth-order valence-corrected chi connectivity index (χ4v) is 3.69. The van der Waals surface area contributed by atoms with Crippen molar-refractivity contribution in [3.8, 4) is 5.75 Å². The van der Waals surface area contributed by atoms with Gasteiger partial charge in [-0.05, 0) is 20.0 Å². The molecule has 12 heteroatoms. The number of carboxylic acids is 1. The van der Waals surface area contributed by atoms with Crippen LogP contribution in [0.2, 0.25) is 0 Å². The fraction of sp³-hybridized carbons (Fsp3) is 0.444. The van der Waals surface area contributed by atoms with Gasteiger partial charge in [-0.2, -0.15) is 0 Å². The molecule has 4 rings (SSSR count). The number of aromatic carboxylic acids is 1. The van der Waals surface area contributed by atoms with Gasteiger partial charge in [-0.15, -0.1) is 0 Å². The van der Waals surface area contributed by atoms with Crippen LogP contribution in [0.4, 0.5) is 10.1 Å². The molecule has 0 bridgehead atoms. The van der Waals surface area contributed by atoms with Gasteiger partial charge in [-0.3, -0.25) is 4.79 Å². The Balaban J connectivity index is 0.00000210. The Labute approximate surface area is 207 Å². The van der Waals surface area contributed by atoms with Crippen molar-refractivity contribution in [3.63, 3.8) is 0 Å². The molecule has 3 heterocycles. The topological polar surface area (TPSA) is 75.0 Å². The number of likely N-dealkylation sites (N-methyl/N-ethyl adjacent to an activating group) is 1. The monoisotopic (exact) mass is 663 g/mol. The molecule has 170 valence electrons. The van der Waals surface area contributed by atoms with Gasteiger partial charge in [0.1, 0.15) is 17.9 Å². The third kappa shape index (κ3) is 4.75. The molecule has 1 aromatic carbocycles. The fourth-order valence-electron chi connectivity index (χ4n) is 3.69. The summed E-state index contributed by atoms with van der Waals surface area (Å²) in [4.78, 5) is 28.1. The Morgan fingerprint density at radius 1 is 1.20 bits per heavy atom. The molecule has 2 aliphatic heterocycles. The number of nitrogens with zero attached hydrogens (tertiary/aromatic N) is 3. The summed E-state index contributed by atoms with van der Waals surface area (Å²) < 4.78 is 22.6. The number of benzene rings is 1. The van der Waals surface area contributed by atoms with Crippen molar-refractivity contribution in [1.82, 2.24) is 9.47 Å². The maximum atomic E-state index is 15.0. The van der Waals surface area contributed by atoms with Gasteiger partial charge >= 0.3 is 28.3 Å². The molecule has 30 heavy (non-hydrogen) atoms. The molecule has 2 aromatic rings. The number of rotatable bonds is 2. The number of ether oxygens (including phenoxy) is 1. The second-order valence-electron chi connectivity index (χ2n) is 6.97. The number of anilines is 1. The van der Waals surface area contributed by atoms with Gasteiger partial charge in [0.05, 0.1) is 16.9 Å². The molecule has 0 aliphatic carbocycles. The van der Waals surface area contributed by atoms with E-state index in [1.807, 2.05) is 18.9 Å². The van der Waals surface area contributed by atoms with E-state index in [1.54, 1.807) is 4.57 Å². The number of hydrogen-bond acceptors (Lipinski definition) is 5. The maximum absolute atomic E-state index is 15.0. The molecule has 1 N–H and O–H groups in total. The number of hydrogen-bond donors (Lipinski definition) is 1. The molecule has 0 unspecified atom stereocenters. The van der Waals surface area contributed by atoms with Crippen molar-refractivity contribution >= 4 is 22.6 Å². The number of carbonyl (C=O) groups is 1. The summed E-state index contributed by atoms with van der Waals surface area (Å²) in [5.41, 5.74) is -0.224. The smallest absolute Gasteiger partial charge is 1.00 e. The Hall–Kier alpha value is -1.000. The zero-order valence-corrected chi connectivity index (χ0v) is 20.5. The Morgan fingerprint density at radius 3 is 2.37 bits per heavy atom. The van der Waals surface area contributed by atoms with Crippen molar-refractivity contribution in [1.29, 1.82) is 0 Å². The second kappa shape index (κ2) is 11.0. The summed E-state index contributed by atoms with van der Waals surface area (Å²) in [6.07, 6.45) is 1.34. The van der Waals surface area contributed by atoms with Crippen LogP contribution in [0, 0.1) is 5.82 Å².